The van der Waals surface area contributed by atoms with Gasteiger partial charge < -0.3 is 4.84 Å². The molecule has 10 heteroatoms. The Morgan fingerprint density at radius 2 is 1.62 bits per heavy atom. The van der Waals surface area contributed by atoms with Crippen molar-refractivity contribution in [3.63, 3.8) is 0 Å². The average Bonchev–Trinajstić information content (AvgIpc) is 2.80. The third-order valence-electron chi connectivity index (χ3n) is 3.07. The third-order valence-corrected chi connectivity index (χ3v) is 3.07. The Balaban J connectivity index is 1.84. The number of fused-ring (bicyclic) bond motifs is 1. The van der Waals surface area contributed by atoms with Crippen molar-refractivity contribution < 1.29 is 32.4 Å². The Hall–Kier alpha value is -3.30. The SMILES string of the molecule is O=C(ON1C(=O)c2ccccc2C1=O)c1cncc(C(F)(F)F)n1. The van der Waals surface area contributed by atoms with E-state index in [4.69, 9.17) is 0 Å². The van der Waals surface area contributed by atoms with Gasteiger partial charge in [0.15, 0.2) is 11.4 Å². The molecule has 7 nitrogen and oxygen atoms in total. The average molecular weight is 337 g/mol. The standard InChI is InChI=1S/C14H6F3N3O4/c15-14(16,17)10-6-18-5-9(19-10)13(23)24-20-11(21)7-3-1-2-4-8(7)12(20)22/h1-6H. The van der Waals surface area contributed by atoms with Crippen LogP contribution in [-0.4, -0.2) is 32.8 Å². The van der Waals surface area contributed by atoms with Gasteiger partial charge in [0.05, 0.1) is 23.5 Å². The van der Waals surface area contributed by atoms with Gasteiger partial charge in [0.25, 0.3) is 11.8 Å². The molecule has 1 aliphatic heterocycles. The lowest BCUT2D eigenvalue weighted by atomic mass is 10.1. The molecule has 1 aromatic heterocycles. The van der Waals surface area contributed by atoms with Crippen molar-refractivity contribution in [2.45, 2.75) is 6.18 Å². The predicted octanol–water partition coefficient (Wildman–Crippen LogP) is 1.86. The number of alkyl halides is 3. The first-order valence-corrected chi connectivity index (χ1v) is 6.38. The lowest BCUT2D eigenvalue weighted by Gasteiger charge is -2.12. The van der Waals surface area contributed by atoms with Gasteiger partial charge in [0, 0.05) is 0 Å². The first-order chi connectivity index (χ1) is 11.3. The minimum atomic E-state index is -4.81. The molecule has 0 aliphatic carbocycles. The van der Waals surface area contributed by atoms with Crippen LogP contribution in [0.5, 0.6) is 0 Å². The van der Waals surface area contributed by atoms with Crippen molar-refractivity contribution in [2.75, 3.05) is 0 Å². The van der Waals surface area contributed by atoms with Crippen molar-refractivity contribution in [3.05, 3.63) is 59.2 Å². The van der Waals surface area contributed by atoms with Gasteiger partial charge >= 0.3 is 12.1 Å². The summed E-state index contributed by atoms with van der Waals surface area (Å²) in [5, 5.41) is 0.176. The van der Waals surface area contributed by atoms with Gasteiger partial charge in [-0.15, -0.1) is 0 Å². The van der Waals surface area contributed by atoms with Crippen molar-refractivity contribution in [3.8, 4) is 0 Å². The number of hydrogen-bond donors (Lipinski definition) is 0. The van der Waals surface area contributed by atoms with Crippen molar-refractivity contribution >= 4 is 17.8 Å². The van der Waals surface area contributed by atoms with Gasteiger partial charge in [-0.2, -0.15) is 13.2 Å². The molecule has 2 aromatic rings. The zero-order valence-corrected chi connectivity index (χ0v) is 11.6. The lowest BCUT2D eigenvalue weighted by molar-refractivity contribution is -0.141. The number of amides is 2. The fourth-order valence-corrected chi connectivity index (χ4v) is 1.98. The van der Waals surface area contributed by atoms with Gasteiger partial charge in [0.2, 0.25) is 0 Å². The first kappa shape index (κ1) is 15.6. The Labute approximate surface area is 131 Å². The molecule has 0 fully saturated rings. The maximum atomic E-state index is 12.6. The summed E-state index contributed by atoms with van der Waals surface area (Å²) in [6.07, 6.45) is -3.65. The van der Waals surface area contributed by atoms with E-state index in [1.54, 1.807) is 0 Å². The van der Waals surface area contributed by atoms with Gasteiger partial charge in [-0.1, -0.05) is 17.2 Å². The highest BCUT2D eigenvalue weighted by Crippen LogP contribution is 2.27. The Morgan fingerprint density at radius 1 is 1.04 bits per heavy atom. The number of hydroxylamine groups is 2. The molecule has 3 rings (SSSR count). The highest BCUT2D eigenvalue weighted by atomic mass is 19.4. The Morgan fingerprint density at radius 3 is 2.17 bits per heavy atom. The highest BCUT2D eigenvalue weighted by Gasteiger charge is 2.39. The summed E-state index contributed by atoms with van der Waals surface area (Å²) < 4.78 is 37.7. The number of imide groups is 1. The summed E-state index contributed by atoms with van der Waals surface area (Å²) in [7, 11) is 0. The van der Waals surface area contributed by atoms with Crippen LogP contribution in [0.4, 0.5) is 13.2 Å². The zero-order valence-electron chi connectivity index (χ0n) is 11.6. The number of nitrogens with zero attached hydrogens (tertiary/aromatic N) is 3. The van der Waals surface area contributed by atoms with Crippen LogP contribution in [0, 0.1) is 0 Å². The number of aromatic nitrogens is 2. The zero-order chi connectivity index (χ0) is 17.5. The second kappa shape index (κ2) is 5.41. The summed E-state index contributed by atoms with van der Waals surface area (Å²) in [4.78, 5) is 46.8. The van der Waals surface area contributed by atoms with E-state index in [0.717, 1.165) is 6.20 Å². The second-order valence-electron chi connectivity index (χ2n) is 4.62. The topological polar surface area (TPSA) is 89.5 Å². The number of carbonyl (C=O) groups is 3. The maximum Gasteiger partial charge on any atom is 0.434 e. The number of benzene rings is 1. The monoisotopic (exact) mass is 337 g/mol. The molecule has 0 unspecified atom stereocenters. The molecule has 2 amide bonds. The van der Waals surface area contributed by atoms with Gasteiger partial charge in [-0.05, 0) is 12.1 Å². The Bertz CT molecular complexity index is 831. The van der Waals surface area contributed by atoms with E-state index in [0.29, 0.717) is 6.20 Å². The lowest BCUT2D eigenvalue weighted by Crippen LogP contribution is -2.33. The minimum absolute atomic E-state index is 0.0189. The van der Waals surface area contributed by atoms with E-state index in [2.05, 4.69) is 14.8 Å². The maximum absolute atomic E-state index is 12.6. The molecule has 1 aliphatic rings. The van der Waals surface area contributed by atoms with Crippen molar-refractivity contribution in [1.82, 2.24) is 15.0 Å². The molecule has 0 saturated carbocycles. The molecule has 1 aromatic carbocycles. The van der Waals surface area contributed by atoms with Crippen LogP contribution >= 0.6 is 0 Å². The highest BCUT2D eigenvalue weighted by molar-refractivity contribution is 6.21. The quantitative estimate of drug-likeness (QED) is 0.777. The minimum Gasteiger partial charge on any atom is -0.322 e. The normalized spacial score (nSPS) is 13.9. The molecule has 0 atom stereocenters. The fourth-order valence-electron chi connectivity index (χ4n) is 1.98. The van der Waals surface area contributed by atoms with E-state index in [-0.39, 0.29) is 16.2 Å². The number of carbonyl (C=O) groups excluding carboxylic acids is 3. The molecule has 0 saturated heterocycles. The molecule has 24 heavy (non-hydrogen) atoms. The summed E-state index contributed by atoms with van der Waals surface area (Å²) >= 11 is 0. The van der Waals surface area contributed by atoms with Crippen LogP contribution in [0.2, 0.25) is 0 Å². The predicted molar refractivity (Wildman–Crippen MR) is 69.4 cm³/mol. The largest absolute Gasteiger partial charge is 0.434 e. The van der Waals surface area contributed by atoms with Gasteiger partial charge in [-0.25, -0.2) is 9.78 Å². The Kier molecular flexibility index (Phi) is 3.51. The summed E-state index contributed by atoms with van der Waals surface area (Å²) in [6, 6.07) is 5.72. The molecule has 0 radical (unpaired) electrons. The van der Waals surface area contributed by atoms with Gasteiger partial charge in [0.1, 0.15) is 0 Å². The molecule has 0 N–H and O–H groups in total. The van der Waals surface area contributed by atoms with Crippen molar-refractivity contribution in [2.24, 2.45) is 0 Å². The van der Waals surface area contributed by atoms with Crippen LogP contribution in [-0.2, 0) is 11.0 Å². The second-order valence-corrected chi connectivity index (χ2v) is 4.62. The van der Waals surface area contributed by atoms with Crippen LogP contribution in [0.25, 0.3) is 0 Å². The summed E-state index contributed by atoms with van der Waals surface area (Å²) in [6.45, 7) is 0. The van der Waals surface area contributed by atoms with E-state index in [9.17, 15) is 27.6 Å². The number of hydrogen-bond acceptors (Lipinski definition) is 6. The van der Waals surface area contributed by atoms with E-state index in [1.807, 2.05) is 0 Å². The number of halogens is 3. The fraction of sp³-hybridized carbons (Fsp3) is 0.0714. The molecule has 122 valence electrons. The van der Waals surface area contributed by atoms with Crippen LogP contribution in [0.1, 0.15) is 36.9 Å². The number of rotatable bonds is 2. The summed E-state index contributed by atoms with van der Waals surface area (Å²) in [5.74, 6) is -3.21. The van der Waals surface area contributed by atoms with Crippen LogP contribution in [0.15, 0.2) is 36.7 Å². The summed E-state index contributed by atoms with van der Waals surface area (Å²) in [5.41, 5.74) is -2.16. The van der Waals surface area contributed by atoms with E-state index in [1.165, 1.54) is 24.3 Å². The molecule has 0 bridgehead atoms. The first-order valence-electron chi connectivity index (χ1n) is 6.38. The van der Waals surface area contributed by atoms with E-state index < -0.39 is 35.3 Å². The molecule has 0 spiro atoms. The van der Waals surface area contributed by atoms with E-state index >= 15 is 0 Å². The smallest absolute Gasteiger partial charge is 0.322 e. The van der Waals surface area contributed by atoms with Crippen LogP contribution in [0.3, 0.4) is 0 Å². The van der Waals surface area contributed by atoms with Crippen molar-refractivity contribution in [1.29, 1.82) is 0 Å². The van der Waals surface area contributed by atoms with Gasteiger partial charge in [-0.3, -0.25) is 14.6 Å². The molecular weight excluding hydrogens is 331 g/mol. The van der Waals surface area contributed by atoms with Crippen LogP contribution < -0.4 is 0 Å². The molecular formula is C14H6F3N3O4. The third kappa shape index (κ3) is 2.57. The molecule has 2 heterocycles.